The van der Waals surface area contributed by atoms with E-state index in [-0.39, 0.29) is 6.04 Å². The van der Waals surface area contributed by atoms with E-state index < -0.39 is 0 Å². The lowest BCUT2D eigenvalue weighted by Crippen LogP contribution is -2.34. The molecule has 0 aliphatic heterocycles. The van der Waals surface area contributed by atoms with E-state index in [1.54, 1.807) is 0 Å². The van der Waals surface area contributed by atoms with Gasteiger partial charge >= 0.3 is 0 Å². The maximum atomic E-state index is 5.73. The predicted octanol–water partition coefficient (Wildman–Crippen LogP) is 0.901. The zero-order valence-electron chi connectivity index (χ0n) is 9.20. The number of nitrogens with one attached hydrogen (secondary N) is 1. The average molecular weight is 196 g/mol. The molecule has 4 heteroatoms. The van der Waals surface area contributed by atoms with Crippen molar-refractivity contribution in [2.75, 3.05) is 6.54 Å². The van der Waals surface area contributed by atoms with Crippen molar-refractivity contribution >= 4 is 0 Å². The number of hydrogen-bond donors (Lipinski definition) is 2. The Labute approximate surface area is 85.5 Å². The minimum Gasteiger partial charge on any atom is -0.333 e. The van der Waals surface area contributed by atoms with Crippen LogP contribution in [-0.4, -0.2) is 22.1 Å². The maximum absolute atomic E-state index is 5.73. The van der Waals surface area contributed by atoms with Crippen LogP contribution in [0.5, 0.6) is 0 Å². The number of rotatable bonds is 5. The summed E-state index contributed by atoms with van der Waals surface area (Å²) < 4.78 is 2.12. The summed E-state index contributed by atoms with van der Waals surface area (Å²) in [6.45, 7) is 7.88. The van der Waals surface area contributed by atoms with Gasteiger partial charge in [0.15, 0.2) is 0 Å². The highest BCUT2D eigenvalue weighted by Crippen LogP contribution is 2.11. The molecule has 0 aromatic carbocycles. The van der Waals surface area contributed by atoms with E-state index in [0.29, 0.717) is 12.6 Å². The van der Waals surface area contributed by atoms with Crippen molar-refractivity contribution in [3.8, 4) is 0 Å². The van der Waals surface area contributed by atoms with E-state index in [1.807, 2.05) is 12.5 Å². The van der Waals surface area contributed by atoms with E-state index in [4.69, 9.17) is 5.73 Å². The number of imidazole rings is 1. The Morgan fingerprint density at radius 3 is 2.79 bits per heavy atom. The third-order valence-electron chi connectivity index (χ3n) is 2.21. The first-order valence-corrected chi connectivity index (χ1v) is 5.15. The first kappa shape index (κ1) is 11.2. The van der Waals surface area contributed by atoms with Crippen LogP contribution in [0.25, 0.3) is 0 Å². The molecule has 0 aliphatic rings. The summed E-state index contributed by atoms with van der Waals surface area (Å²) in [5, 5.41) is 3.42. The molecule has 1 atom stereocenters. The molecule has 0 saturated carbocycles. The van der Waals surface area contributed by atoms with E-state index in [0.717, 1.165) is 6.54 Å². The van der Waals surface area contributed by atoms with Crippen LogP contribution in [0, 0.1) is 0 Å². The monoisotopic (exact) mass is 196 g/mol. The first-order valence-electron chi connectivity index (χ1n) is 5.15. The van der Waals surface area contributed by atoms with Gasteiger partial charge in [0.2, 0.25) is 0 Å². The van der Waals surface area contributed by atoms with Crippen LogP contribution in [0.15, 0.2) is 12.5 Å². The molecular formula is C10H20N4. The molecule has 0 spiro atoms. The fourth-order valence-corrected chi connectivity index (χ4v) is 1.56. The van der Waals surface area contributed by atoms with Gasteiger partial charge in [-0.25, -0.2) is 4.98 Å². The normalized spacial score (nSPS) is 13.5. The highest BCUT2D eigenvalue weighted by molar-refractivity contribution is 5.06. The Hall–Kier alpha value is -0.870. The first-order chi connectivity index (χ1) is 6.69. The van der Waals surface area contributed by atoms with Gasteiger partial charge in [-0.15, -0.1) is 0 Å². The van der Waals surface area contributed by atoms with Crippen LogP contribution < -0.4 is 11.1 Å². The highest BCUT2D eigenvalue weighted by atomic mass is 15.1. The van der Waals surface area contributed by atoms with E-state index >= 15 is 0 Å². The lowest BCUT2D eigenvalue weighted by atomic mass is 10.2. The third-order valence-corrected chi connectivity index (χ3v) is 2.21. The largest absolute Gasteiger partial charge is 0.333 e. The van der Waals surface area contributed by atoms with Crippen molar-refractivity contribution in [3.05, 3.63) is 18.2 Å². The summed E-state index contributed by atoms with van der Waals surface area (Å²) in [6.07, 6.45) is 3.73. The highest BCUT2D eigenvalue weighted by Gasteiger charge is 2.14. The van der Waals surface area contributed by atoms with Gasteiger partial charge in [0.05, 0.1) is 18.1 Å². The smallest absolute Gasteiger partial charge is 0.0948 e. The SMILES string of the molecule is CCn1cncc1C(CN)NC(C)C. The van der Waals surface area contributed by atoms with E-state index in [9.17, 15) is 0 Å². The van der Waals surface area contributed by atoms with E-state index in [1.165, 1.54) is 5.69 Å². The van der Waals surface area contributed by atoms with Crippen molar-refractivity contribution in [3.63, 3.8) is 0 Å². The third kappa shape index (κ3) is 2.56. The van der Waals surface area contributed by atoms with Crippen LogP contribution in [0.1, 0.15) is 32.5 Å². The molecule has 1 aromatic heterocycles. The fourth-order valence-electron chi connectivity index (χ4n) is 1.56. The summed E-state index contributed by atoms with van der Waals surface area (Å²) >= 11 is 0. The second-order valence-electron chi connectivity index (χ2n) is 3.71. The number of aryl methyl sites for hydroxylation is 1. The Bertz CT molecular complexity index is 267. The van der Waals surface area contributed by atoms with Gasteiger partial charge in [-0.05, 0) is 6.92 Å². The van der Waals surface area contributed by atoms with Gasteiger partial charge in [0.1, 0.15) is 0 Å². The standard InChI is InChI=1S/C10H20N4/c1-4-14-7-12-6-10(14)9(5-11)13-8(2)3/h6-9,13H,4-5,11H2,1-3H3. The Balaban J connectivity index is 2.77. The van der Waals surface area contributed by atoms with Gasteiger partial charge in [0, 0.05) is 25.3 Å². The second kappa shape index (κ2) is 5.12. The van der Waals surface area contributed by atoms with Crippen LogP contribution in [0.2, 0.25) is 0 Å². The number of nitrogens with two attached hydrogens (primary N) is 1. The molecule has 0 bridgehead atoms. The Morgan fingerprint density at radius 1 is 1.57 bits per heavy atom. The summed E-state index contributed by atoms with van der Waals surface area (Å²) in [5.41, 5.74) is 6.90. The maximum Gasteiger partial charge on any atom is 0.0948 e. The lowest BCUT2D eigenvalue weighted by molar-refractivity contribution is 0.459. The molecule has 14 heavy (non-hydrogen) atoms. The minimum absolute atomic E-state index is 0.206. The molecule has 1 heterocycles. The van der Waals surface area contributed by atoms with Gasteiger partial charge in [-0.3, -0.25) is 0 Å². The molecular weight excluding hydrogens is 176 g/mol. The number of nitrogens with zero attached hydrogens (tertiary/aromatic N) is 2. The number of hydrogen-bond acceptors (Lipinski definition) is 3. The minimum atomic E-state index is 0.206. The summed E-state index contributed by atoms with van der Waals surface area (Å²) in [4.78, 5) is 4.14. The summed E-state index contributed by atoms with van der Waals surface area (Å²) in [6, 6.07) is 0.640. The Morgan fingerprint density at radius 2 is 2.29 bits per heavy atom. The van der Waals surface area contributed by atoms with Gasteiger partial charge < -0.3 is 15.6 Å². The van der Waals surface area contributed by atoms with E-state index in [2.05, 4.69) is 35.6 Å². The van der Waals surface area contributed by atoms with Crippen molar-refractivity contribution in [1.29, 1.82) is 0 Å². The second-order valence-corrected chi connectivity index (χ2v) is 3.71. The van der Waals surface area contributed by atoms with Crippen molar-refractivity contribution in [2.24, 2.45) is 5.73 Å². The van der Waals surface area contributed by atoms with Crippen molar-refractivity contribution in [1.82, 2.24) is 14.9 Å². The molecule has 1 aromatic rings. The molecule has 80 valence electrons. The average Bonchev–Trinajstić information content (AvgIpc) is 2.61. The van der Waals surface area contributed by atoms with Crippen LogP contribution in [0.3, 0.4) is 0 Å². The molecule has 1 unspecified atom stereocenters. The summed E-state index contributed by atoms with van der Waals surface area (Å²) in [7, 11) is 0. The molecule has 0 fully saturated rings. The lowest BCUT2D eigenvalue weighted by Gasteiger charge is -2.20. The van der Waals surface area contributed by atoms with Gasteiger partial charge in [-0.2, -0.15) is 0 Å². The van der Waals surface area contributed by atoms with Crippen molar-refractivity contribution in [2.45, 2.75) is 39.4 Å². The molecule has 1 rings (SSSR count). The number of aromatic nitrogens is 2. The topological polar surface area (TPSA) is 55.9 Å². The van der Waals surface area contributed by atoms with Gasteiger partial charge in [0.25, 0.3) is 0 Å². The molecule has 0 amide bonds. The van der Waals surface area contributed by atoms with Crippen LogP contribution in [0.4, 0.5) is 0 Å². The van der Waals surface area contributed by atoms with Gasteiger partial charge in [-0.1, -0.05) is 13.8 Å². The molecule has 0 saturated heterocycles. The molecule has 0 aliphatic carbocycles. The fraction of sp³-hybridized carbons (Fsp3) is 0.700. The van der Waals surface area contributed by atoms with Crippen LogP contribution >= 0.6 is 0 Å². The van der Waals surface area contributed by atoms with Crippen molar-refractivity contribution < 1.29 is 0 Å². The molecule has 4 nitrogen and oxygen atoms in total. The Kier molecular flexibility index (Phi) is 4.10. The zero-order chi connectivity index (χ0) is 10.6. The quantitative estimate of drug-likeness (QED) is 0.735. The predicted molar refractivity (Wildman–Crippen MR) is 58.0 cm³/mol. The molecule has 3 N–H and O–H groups in total. The summed E-state index contributed by atoms with van der Waals surface area (Å²) in [5.74, 6) is 0. The zero-order valence-corrected chi connectivity index (χ0v) is 9.20. The van der Waals surface area contributed by atoms with Crippen LogP contribution in [-0.2, 0) is 6.54 Å². The molecule has 0 radical (unpaired) electrons.